The second-order valence-electron chi connectivity index (χ2n) is 6.79. The van der Waals surface area contributed by atoms with Crippen molar-refractivity contribution in [2.45, 2.75) is 26.2 Å². The molecule has 1 fully saturated rings. The number of anilines is 1. The van der Waals surface area contributed by atoms with Crippen LogP contribution >= 0.6 is 0 Å². The summed E-state index contributed by atoms with van der Waals surface area (Å²) in [4.78, 5) is 16.1. The number of nitrogens with one attached hydrogen (secondary N) is 1. The fraction of sp³-hybridized carbons (Fsp3) is 0.444. The van der Waals surface area contributed by atoms with Crippen LogP contribution in [0.1, 0.15) is 26.3 Å². The molecule has 0 aromatic heterocycles. The highest BCUT2D eigenvalue weighted by molar-refractivity contribution is 5.94. The quantitative estimate of drug-likeness (QED) is 0.400. The van der Waals surface area contributed by atoms with E-state index in [0.29, 0.717) is 13.1 Å². The van der Waals surface area contributed by atoms with Crippen LogP contribution in [0.2, 0.25) is 0 Å². The Kier molecular flexibility index (Phi) is 5.08. The molecule has 1 aromatic rings. The van der Waals surface area contributed by atoms with Gasteiger partial charge in [0.2, 0.25) is 0 Å². The zero-order chi connectivity index (χ0) is 17.0. The van der Waals surface area contributed by atoms with E-state index in [4.69, 9.17) is 10.5 Å². The highest BCUT2D eigenvalue weighted by Gasteiger charge is 2.28. The van der Waals surface area contributed by atoms with Crippen molar-refractivity contribution in [3.63, 3.8) is 0 Å². The van der Waals surface area contributed by atoms with Crippen molar-refractivity contribution in [1.82, 2.24) is 4.90 Å². The lowest BCUT2D eigenvalue weighted by atomic mass is 9.85. The van der Waals surface area contributed by atoms with Crippen molar-refractivity contribution in [2.75, 3.05) is 31.1 Å². The van der Waals surface area contributed by atoms with Gasteiger partial charge in [0.15, 0.2) is 0 Å². The van der Waals surface area contributed by atoms with E-state index < -0.39 is 0 Å². The van der Waals surface area contributed by atoms with Crippen LogP contribution in [0.15, 0.2) is 36.1 Å². The molecular weight excluding hydrogens is 290 g/mol. The summed E-state index contributed by atoms with van der Waals surface area (Å²) in [6.45, 7) is 9.35. The summed E-state index contributed by atoms with van der Waals surface area (Å²) in [6.07, 6.45) is 2.21. The SMILES string of the molecule is CC(C)(C)c1ccccc1N1CCN(C(=O)/C([OH2+])=C/C=N)CC1. The Morgan fingerprint density at radius 1 is 1.17 bits per heavy atom. The van der Waals surface area contributed by atoms with Crippen molar-refractivity contribution in [3.8, 4) is 0 Å². The first-order chi connectivity index (χ1) is 10.8. The number of carbonyl (C=O) groups excluding carboxylic acids is 1. The Bertz CT molecular complexity index is 609. The van der Waals surface area contributed by atoms with Gasteiger partial charge in [0, 0.05) is 38.1 Å². The van der Waals surface area contributed by atoms with Gasteiger partial charge in [-0.2, -0.15) is 0 Å². The largest absolute Gasteiger partial charge is 0.589 e. The summed E-state index contributed by atoms with van der Waals surface area (Å²) in [6, 6.07) is 8.43. The number of carbonyl (C=O) groups is 1. The van der Waals surface area contributed by atoms with Gasteiger partial charge in [-0.3, -0.25) is 4.79 Å². The van der Waals surface area contributed by atoms with Gasteiger partial charge in [-0.05, 0) is 17.0 Å². The summed E-state index contributed by atoms with van der Waals surface area (Å²) in [5.41, 5.74) is 2.61. The van der Waals surface area contributed by atoms with Crippen LogP contribution in [0.3, 0.4) is 0 Å². The zero-order valence-corrected chi connectivity index (χ0v) is 14.1. The monoisotopic (exact) mass is 316 g/mol. The second-order valence-corrected chi connectivity index (χ2v) is 6.79. The topological polar surface area (TPSA) is 70.3 Å². The molecule has 1 aliphatic rings. The van der Waals surface area contributed by atoms with E-state index in [1.807, 2.05) is 0 Å². The normalized spacial score (nSPS) is 16.4. The predicted octanol–water partition coefficient (Wildman–Crippen LogP) is 1.89. The Labute approximate surface area is 137 Å². The average molecular weight is 316 g/mol. The number of nitrogens with zero attached hydrogens (tertiary/aromatic N) is 2. The molecule has 0 radical (unpaired) electrons. The fourth-order valence-electron chi connectivity index (χ4n) is 2.86. The third-order valence-electron chi connectivity index (χ3n) is 4.10. The van der Waals surface area contributed by atoms with Crippen LogP contribution in [-0.2, 0) is 10.2 Å². The summed E-state index contributed by atoms with van der Waals surface area (Å²) >= 11 is 0. The maximum absolute atomic E-state index is 12.1. The number of benzene rings is 1. The fourth-order valence-corrected chi connectivity index (χ4v) is 2.86. The van der Waals surface area contributed by atoms with Gasteiger partial charge in [0.1, 0.15) is 0 Å². The Balaban J connectivity index is 2.10. The molecular formula is C18H26N3O2+. The van der Waals surface area contributed by atoms with Gasteiger partial charge in [-0.1, -0.05) is 39.0 Å². The van der Waals surface area contributed by atoms with Crippen LogP contribution in [0.25, 0.3) is 0 Å². The Morgan fingerprint density at radius 2 is 1.78 bits per heavy atom. The van der Waals surface area contributed by atoms with Crippen molar-refractivity contribution >= 4 is 17.8 Å². The molecule has 0 bridgehead atoms. The smallest absolute Gasteiger partial charge is 0.342 e. The Hall–Kier alpha value is -2.30. The summed E-state index contributed by atoms with van der Waals surface area (Å²) < 4.78 is 0. The van der Waals surface area contributed by atoms with Crippen molar-refractivity contribution in [3.05, 3.63) is 41.7 Å². The molecule has 1 aromatic carbocycles. The minimum atomic E-state index is -0.294. The van der Waals surface area contributed by atoms with E-state index in [2.05, 4.69) is 49.9 Å². The minimum Gasteiger partial charge on any atom is -0.589 e. The number of piperazine rings is 1. The standard InChI is InChI=1S/C18H25N3O2/c1-18(2,3)14-6-4-5-7-15(14)20-10-12-21(13-11-20)17(23)16(22)8-9-19/h4-9,19,22H,10-13H2,1-3H3/p+1/b16-8-,19-9?. The number of rotatable bonds is 3. The van der Waals surface area contributed by atoms with Gasteiger partial charge in [-0.15, -0.1) is 0 Å². The molecule has 1 amide bonds. The van der Waals surface area contributed by atoms with Crippen LogP contribution in [0.4, 0.5) is 5.69 Å². The minimum absolute atomic E-state index is 0.0740. The first-order valence-electron chi connectivity index (χ1n) is 7.90. The van der Waals surface area contributed by atoms with E-state index >= 15 is 0 Å². The third-order valence-corrected chi connectivity index (χ3v) is 4.10. The lowest BCUT2D eigenvalue weighted by Crippen LogP contribution is -2.49. The number of para-hydroxylation sites is 1. The molecule has 23 heavy (non-hydrogen) atoms. The van der Waals surface area contributed by atoms with Crippen LogP contribution in [-0.4, -0.2) is 48.3 Å². The first kappa shape index (κ1) is 17.1. The molecule has 5 heteroatoms. The van der Waals surface area contributed by atoms with Gasteiger partial charge in [-0.25, -0.2) is 0 Å². The molecule has 5 nitrogen and oxygen atoms in total. The lowest BCUT2D eigenvalue weighted by Gasteiger charge is -2.38. The van der Waals surface area contributed by atoms with Crippen LogP contribution in [0.5, 0.6) is 0 Å². The predicted molar refractivity (Wildman–Crippen MR) is 94.4 cm³/mol. The van der Waals surface area contributed by atoms with Crippen LogP contribution < -0.4 is 4.90 Å². The summed E-state index contributed by atoms with van der Waals surface area (Å²) in [7, 11) is 0. The van der Waals surface area contributed by atoms with Crippen molar-refractivity contribution < 1.29 is 9.90 Å². The number of amides is 1. The molecule has 124 valence electrons. The van der Waals surface area contributed by atoms with Crippen molar-refractivity contribution in [2.24, 2.45) is 0 Å². The average Bonchev–Trinajstić information content (AvgIpc) is 2.54. The number of hydrogen-bond acceptors (Lipinski definition) is 3. The highest BCUT2D eigenvalue weighted by Crippen LogP contribution is 2.32. The Morgan fingerprint density at radius 3 is 2.35 bits per heavy atom. The second kappa shape index (κ2) is 6.86. The van der Waals surface area contributed by atoms with E-state index in [-0.39, 0.29) is 17.1 Å². The zero-order valence-electron chi connectivity index (χ0n) is 14.1. The number of allylic oxidation sites excluding steroid dienone is 1. The highest BCUT2D eigenvalue weighted by atomic mass is 16.3. The van der Waals surface area contributed by atoms with Gasteiger partial charge < -0.3 is 20.3 Å². The number of hydrogen-bond donors (Lipinski definition) is 1. The first-order valence-corrected chi connectivity index (χ1v) is 7.90. The maximum atomic E-state index is 12.1. The van der Waals surface area contributed by atoms with Gasteiger partial charge in [0.25, 0.3) is 0 Å². The van der Waals surface area contributed by atoms with E-state index in [1.54, 1.807) is 4.90 Å². The summed E-state index contributed by atoms with van der Waals surface area (Å²) in [5.74, 6) is -0.416. The molecule has 0 atom stereocenters. The summed E-state index contributed by atoms with van der Waals surface area (Å²) in [5, 5.41) is 14.6. The molecule has 2 rings (SSSR count). The van der Waals surface area contributed by atoms with E-state index in [0.717, 1.165) is 19.3 Å². The van der Waals surface area contributed by atoms with E-state index in [1.165, 1.54) is 17.3 Å². The molecule has 0 spiro atoms. The molecule has 0 saturated carbocycles. The lowest BCUT2D eigenvalue weighted by molar-refractivity contribution is -0.130. The maximum Gasteiger partial charge on any atom is 0.342 e. The van der Waals surface area contributed by atoms with Crippen molar-refractivity contribution in [1.29, 1.82) is 5.41 Å². The molecule has 0 unspecified atom stereocenters. The molecule has 1 saturated heterocycles. The molecule has 0 aliphatic carbocycles. The molecule has 3 N–H and O–H groups in total. The van der Waals surface area contributed by atoms with E-state index in [9.17, 15) is 4.79 Å². The third kappa shape index (κ3) is 3.92. The van der Waals surface area contributed by atoms with Gasteiger partial charge in [0.05, 0.1) is 6.08 Å². The molecule has 1 heterocycles. The molecule has 1 aliphatic heterocycles. The van der Waals surface area contributed by atoms with Gasteiger partial charge >= 0.3 is 11.7 Å². The van der Waals surface area contributed by atoms with Crippen LogP contribution in [0, 0.1) is 5.41 Å².